The molecule has 6 rings (SSSR count). The molecule has 2 saturated carbocycles. The van der Waals surface area contributed by atoms with Crippen molar-refractivity contribution in [2.45, 2.75) is 56.5 Å². The van der Waals surface area contributed by atoms with Gasteiger partial charge < -0.3 is 18.7 Å². The molecule has 1 amide bonds. The minimum absolute atomic E-state index is 0.126. The highest BCUT2D eigenvalue weighted by Gasteiger charge is 2.39. The lowest BCUT2D eigenvalue weighted by molar-refractivity contribution is 0.0630. The fraction of sp³-hybridized carbons (Fsp3) is 0.478. The summed E-state index contributed by atoms with van der Waals surface area (Å²) in [5.41, 5.74) is 1.65. The number of piperidine rings is 1. The Labute approximate surface area is 180 Å². The Morgan fingerprint density at radius 2 is 1.74 bits per heavy atom. The van der Waals surface area contributed by atoms with Gasteiger partial charge in [0.1, 0.15) is 0 Å². The van der Waals surface area contributed by atoms with Crippen LogP contribution in [0.3, 0.4) is 0 Å². The van der Waals surface area contributed by atoms with Crippen LogP contribution in [0.1, 0.15) is 60.7 Å². The molecule has 0 bridgehead atoms. The molecule has 1 aliphatic heterocycles. The average Bonchev–Trinajstić information content (AvgIpc) is 3.73. The zero-order valence-electron chi connectivity index (χ0n) is 17.3. The Kier molecular flexibility index (Phi) is 4.51. The van der Waals surface area contributed by atoms with E-state index in [0.29, 0.717) is 23.7 Å². The molecule has 3 aliphatic rings. The summed E-state index contributed by atoms with van der Waals surface area (Å²) in [5, 5.41) is 4.18. The lowest BCUT2D eigenvalue weighted by atomic mass is 10.0. The van der Waals surface area contributed by atoms with Crippen LogP contribution in [-0.2, 0) is 0 Å². The molecule has 8 nitrogen and oxygen atoms in total. The maximum atomic E-state index is 13.4. The van der Waals surface area contributed by atoms with Crippen LogP contribution in [0.5, 0.6) is 0 Å². The second kappa shape index (κ2) is 7.51. The maximum Gasteiger partial charge on any atom is 0.266 e. The SMILES string of the molecule is O=C(c1ccc(-c2cnco2)cc1)N(C1CC1)C1CCN(c2noc(C3CC3)n2)CC1. The van der Waals surface area contributed by atoms with Gasteiger partial charge in [-0.2, -0.15) is 4.98 Å². The topological polar surface area (TPSA) is 88.5 Å². The Hall–Kier alpha value is -3.16. The minimum Gasteiger partial charge on any atom is -0.444 e. The minimum atomic E-state index is 0.126. The molecule has 3 aromatic rings. The number of oxazole rings is 1. The van der Waals surface area contributed by atoms with Gasteiger partial charge in [0.2, 0.25) is 5.89 Å². The molecule has 1 saturated heterocycles. The summed E-state index contributed by atoms with van der Waals surface area (Å²) in [6, 6.07) is 8.25. The molecule has 8 heteroatoms. The number of rotatable bonds is 6. The normalized spacial score (nSPS) is 19.5. The van der Waals surface area contributed by atoms with Crippen molar-refractivity contribution in [1.82, 2.24) is 20.0 Å². The summed E-state index contributed by atoms with van der Waals surface area (Å²) in [6.07, 6.45) is 9.44. The van der Waals surface area contributed by atoms with Gasteiger partial charge in [-0.05, 0) is 55.8 Å². The molecule has 3 fully saturated rings. The van der Waals surface area contributed by atoms with Crippen LogP contribution in [-0.4, -0.2) is 51.1 Å². The number of amides is 1. The summed E-state index contributed by atoms with van der Waals surface area (Å²) in [6.45, 7) is 1.68. The van der Waals surface area contributed by atoms with Crippen molar-refractivity contribution in [3.05, 3.63) is 48.3 Å². The van der Waals surface area contributed by atoms with Gasteiger partial charge >= 0.3 is 0 Å². The van der Waals surface area contributed by atoms with Crippen LogP contribution in [0.15, 0.2) is 45.8 Å². The van der Waals surface area contributed by atoms with Crippen molar-refractivity contribution in [1.29, 1.82) is 0 Å². The molecular weight excluding hydrogens is 394 g/mol. The van der Waals surface area contributed by atoms with Crippen molar-refractivity contribution in [2.24, 2.45) is 0 Å². The lowest BCUT2D eigenvalue weighted by Gasteiger charge is -2.38. The van der Waals surface area contributed by atoms with Gasteiger partial charge in [0.15, 0.2) is 12.2 Å². The summed E-state index contributed by atoms with van der Waals surface area (Å²) in [5.74, 6) is 2.78. The van der Waals surface area contributed by atoms with Crippen molar-refractivity contribution in [3.8, 4) is 11.3 Å². The molecule has 3 heterocycles. The first-order chi connectivity index (χ1) is 15.3. The molecule has 2 aromatic heterocycles. The van der Waals surface area contributed by atoms with E-state index in [-0.39, 0.29) is 11.9 Å². The van der Waals surface area contributed by atoms with E-state index in [2.05, 4.69) is 24.9 Å². The third-order valence-electron chi connectivity index (χ3n) is 6.52. The zero-order chi connectivity index (χ0) is 20.8. The van der Waals surface area contributed by atoms with Crippen LogP contribution in [0.25, 0.3) is 11.3 Å². The fourth-order valence-electron chi connectivity index (χ4n) is 4.46. The monoisotopic (exact) mass is 419 g/mol. The largest absolute Gasteiger partial charge is 0.444 e. The Morgan fingerprint density at radius 3 is 2.39 bits per heavy atom. The molecular formula is C23H25N5O3. The standard InChI is InChI=1S/C23H25N5O3/c29-22(17-5-1-15(2-6-17)20-13-24-14-30-20)28(18-7-8-18)19-9-11-27(12-10-19)23-25-21(31-26-23)16-3-4-16/h1-2,5-6,13-14,16,18-19H,3-4,7-12H2. The van der Waals surface area contributed by atoms with Crippen LogP contribution in [0.2, 0.25) is 0 Å². The predicted molar refractivity (Wildman–Crippen MR) is 113 cm³/mol. The van der Waals surface area contributed by atoms with E-state index in [4.69, 9.17) is 8.94 Å². The van der Waals surface area contributed by atoms with Crippen LogP contribution in [0, 0.1) is 0 Å². The van der Waals surface area contributed by atoms with Crippen LogP contribution >= 0.6 is 0 Å². The third kappa shape index (κ3) is 3.71. The van der Waals surface area contributed by atoms with E-state index in [9.17, 15) is 4.79 Å². The Morgan fingerprint density at radius 1 is 1.00 bits per heavy atom. The molecule has 0 N–H and O–H groups in total. The molecule has 31 heavy (non-hydrogen) atoms. The molecule has 2 aliphatic carbocycles. The number of nitrogens with zero attached hydrogens (tertiary/aromatic N) is 5. The highest BCUT2D eigenvalue weighted by atomic mass is 16.5. The fourth-order valence-corrected chi connectivity index (χ4v) is 4.46. The highest BCUT2D eigenvalue weighted by molar-refractivity contribution is 5.95. The number of anilines is 1. The lowest BCUT2D eigenvalue weighted by Crippen LogP contribution is -2.48. The van der Waals surface area contributed by atoms with Crippen LogP contribution < -0.4 is 4.90 Å². The number of carbonyl (C=O) groups is 1. The van der Waals surface area contributed by atoms with Gasteiger partial charge in [0.05, 0.1) is 6.20 Å². The van der Waals surface area contributed by atoms with Gasteiger partial charge in [-0.1, -0.05) is 12.1 Å². The van der Waals surface area contributed by atoms with Crippen molar-refractivity contribution < 1.29 is 13.7 Å². The van der Waals surface area contributed by atoms with E-state index >= 15 is 0 Å². The summed E-state index contributed by atoms with van der Waals surface area (Å²) < 4.78 is 10.8. The van der Waals surface area contributed by atoms with Gasteiger partial charge in [0.25, 0.3) is 11.9 Å². The van der Waals surface area contributed by atoms with Crippen molar-refractivity contribution >= 4 is 11.9 Å². The number of carbonyl (C=O) groups excluding carboxylic acids is 1. The third-order valence-corrected chi connectivity index (χ3v) is 6.52. The van der Waals surface area contributed by atoms with Crippen molar-refractivity contribution in [3.63, 3.8) is 0 Å². The maximum absolute atomic E-state index is 13.4. The molecule has 0 atom stereocenters. The average molecular weight is 419 g/mol. The van der Waals surface area contributed by atoms with E-state index in [1.807, 2.05) is 24.3 Å². The van der Waals surface area contributed by atoms with E-state index in [0.717, 1.165) is 68.6 Å². The van der Waals surface area contributed by atoms with Gasteiger partial charge in [-0.3, -0.25) is 4.79 Å². The molecule has 0 spiro atoms. The second-order valence-corrected chi connectivity index (χ2v) is 8.81. The second-order valence-electron chi connectivity index (χ2n) is 8.81. The van der Waals surface area contributed by atoms with Gasteiger partial charge in [-0.15, -0.1) is 0 Å². The summed E-state index contributed by atoms with van der Waals surface area (Å²) in [7, 11) is 0. The first-order valence-corrected chi connectivity index (χ1v) is 11.2. The van der Waals surface area contributed by atoms with Gasteiger partial charge in [-0.25, -0.2) is 4.98 Å². The van der Waals surface area contributed by atoms with E-state index in [1.165, 1.54) is 6.39 Å². The summed E-state index contributed by atoms with van der Waals surface area (Å²) in [4.78, 5) is 26.3. The highest BCUT2D eigenvalue weighted by Crippen LogP contribution is 2.40. The summed E-state index contributed by atoms with van der Waals surface area (Å²) >= 11 is 0. The number of benzene rings is 1. The number of hydrogen-bond acceptors (Lipinski definition) is 7. The van der Waals surface area contributed by atoms with Gasteiger partial charge in [0, 0.05) is 42.2 Å². The smallest absolute Gasteiger partial charge is 0.266 e. The Balaban J connectivity index is 1.13. The zero-order valence-corrected chi connectivity index (χ0v) is 17.3. The number of hydrogen-bond donors (Lipinski definition) is 0. The first-order valence-electron chi connectivity index (χ1n) is 11.2. The molecule has 0 unspecified atom stereocenters. The van der Waals surface area contributed by atoms with E-state index < -0.39 is 0 Å². The van der Waals surface area contributed by atoms with Crippen LogP contribution in [0.4, 0.5) is 5.95 Å². The molecule has 0 radical (unpaired) electrons. The Bertz CT molecular complexity index is 1050. The first kappa shape index (κ1) is 18.6. The van der Waals surface area contributed by atoms with E-state index in [1.54, 1.807) is 6.20 Å². The number of aromatic nitrogens is 3. The van der Waals surface area contributed by atoms with Crippen molar-refractivity contribution in [2.75, 3.05) is 18.0 Å². The quantitative estimate of drug-likeness (QED) is 0.599. The predicted octanol–water partition coefficient (Wildman–Crippen LogP) is 3.88. The molecule has 160 valence electrons. The molecule has 1 aromatic carbocycles.